The fraction of sp³-hybridized carbons (Fsp3) is 0. The van der Waals surface area contributed by atoms with Crippen LogP contribution < -0.4 is 0 Å². The Balaban J connectivity index is 2.65. The SMILES string of the molecule is S=c1nn[nH]n1-c1ccsc1Cl. The van der Waals surface area contributed by atoms with Crippen molar-refractivity contribution in [1.29, 1.82) is 0 Å². The van der Waals surface area contributed by atoms with E-state index in [-0.39, 0.29) is 0 Å². The maximum atomic E-state index is 5.88. The van der Waals surface area contributed by atoms with E-state index < -0.39 is 0 Å². The van der Waals surface area contributed by atoms with Crippen LogP contribution in [0, 0.1) is 4.77 Å². The Hall–Kier alpha value is -0.720. The Labute approximate surface area is 81.8 Å². The summed E-state index contributed by atoms with van der Waals surface area (Å²) in [5.74, 6) is 0. The molecular formula is C5H3ClN4S2. The molecule has 12 heavy (non-hydrogen) atoms. The van der Waals surface area contributed by atoms with E-state index in [1.807, 2.05) is 11.4 Å². The molecule has 0 bridgehead atoms. The minimum absolute atomic E-state index is 0.371. The van der Waals surface area contributed by atoms with E-state index in [0.29, 0.717) is 9.11 Å². The van der Waals surface area contributed by atoms with E-state index in [1.165, 1.54) is 11.3 Å². The molecule has 2 heterocycles. The summed E-state index contributed by atoms with van der Waals surface area (Å²) in [4.78, 5) is 0. The zero-order valence-electron chi connectivity index (χ0n) is 5.69. The summed E-state index contributed by atoms with van der Waals surface area (Å²) in [5, 5.41) is 11.7. The smallest absolute Gasteiger partial charge is 0.207 e. The molecule has 0 fully saturated rings. The molecule has 0 radical (unpaired) electrons. The van der Waals surface area contributed by atoms with Crippen LogP contribution in [0.25, 0.3) is 5.69 Å². The topological polar surface area (TPSA) is 46.5 Å². The van der Waals surface area contributed by atoms with Gasteiger partial charge in [-0.25, -0.2) is 4.68 Å². The van der Waals surface area contributed by atoms with Gasteiger partial charge < -0.3 is 0 Å². The van der Waals surface area contributed by atoms with Crippen LogP contribution in [0.5, 0.6) is 0 Å². The van der Waals surface area contributed by atoms with E-state index in [9.17, 15) is 0 Å². The molecule has 1 N–H and O–H groups in total. The number of H-pyrrole nitrogens is 1. The molecular weight excluding hydrogens is 216 g/mol. The summed E-state index contributed by atoms with van der Waals surface area (Å²) in [5.41, 5.74) is 0.789. The quantitative estimate of drug-likeness (QED) is 0.746. The maximum Gasteiger partial charge on any atom is 0.242 e. The van der Waals surface area contributed by atoms with Gasteiger partial charge in [0.2, 0.25) is 4.77 Å². The lowest BCUT2D eigenvalue weighted by atomic mass is 10.5. The molecule has 62 valence electrons. The number of rotatable bonds is 1. The summed E-state index contributed by atoms with van der Waals surface area (Å²) in [6.45, 7) is 0. The van der Waals surface area contributed by atoms with E-state index in [1.54, 1.807) is 4.68 Å². The number of thiophene rings is 1. The molecule has 0 unspecified atom stereocenters. The Kier molecular flexibility index (Phi) is 1.95. The van der Waals surface area contributed by atoms with Gasteiger partial charge in [0.05, 0.1) is 5.69 Å². The first-order valence-corrected chi connectivity index (χ1v) is 4.69. The molecule has 0 aliphatic carbocycles. The van der Waals surface area contributed by atoms with Gasteiger partial charge in [0.25, 0.3) is 0 Å². The summed E-state index contributed by atoms with van der Waals surface area (Å²) in [7, 11) is 0. The second kappa shape index (κ2) is 2.96. The second-order valence-electron chi connectivity index (χ2n) is 2.00. The number of tetrazole rings is 1. The van der Waals surface area contributed by atoms with Crippen molar-refractivity contribution in [1.82, 2.24) is 20.2 Å². The number of aromatic nitrogens is 4. The molecule has 2 aromatic heterocycles. The van der Waals surface area contributed by atoms with Crippen molar-refractivity contribution in [3.8, 4) is 5.69 Å². The third-order valence-corrected chi connectivity index (χ3v) is 2.72. The van der Waals surface area contributed by atoms with Crippen molar-refractivity contribution in [3.05, 3.63) is 20.6 Å². The molecule has 0 aliphatic rings. The molecule has 0 aromatic carbocycles. The number of halogens is 1. The van der Waals surface area contributed by atoms with Crippen molar-refractivity contribution in [2.45, 2.75) is 0 Å². The Bertz CT molecular complexity index is 442. The molecule has 0 amide bonds. The van der Waals surface area contributed by atoms with E-state index >= 15 is 0 Å². The molecule has 2 rings (SSSR count). The maximum absolute atomic E-state index is 5.88. The summed E-state index contributed by atoms with van der Waals surface area (Å²) < 4.78 is 2.58. The van der Waals surface area contributed by atoms with Gasteiger partial charge in [0.1, 0.15) is 4.34 Å². The average molecular weight is 219 g/mol. The van der Waals surface area contributed by atoms with Crippen molar-refractivity contribution < 1.29 is 0 Å². The van der Waals surface area contributed by atoms with Gasteiger partial charge >= 0.3 is 0 Å². The third-order valence-electron chi connectivity index (χ3n) is 1.31. The highest BCUT2D eigenvalue weighted by atomic mass is 35.5. The van der Waals surface area contributed by atoms with Crippen LogP contribution in [-0.2, 0) is 0 Å². The minimum atomic E-state index is 0.371. The van der Waals surface area contributed by atoms with Crippen molar-refractivity contribution >= 4 is 35.2 Å². The highest BCUT2D eigenvalue weighted by molar-refractivity contribution is 7.71. The monoisotopic (exact) mass is 218 g/mol. The van der Waals surface area contributed by atoms with Gasteiger partial charge in [0, 0.05) is 0 Å². The molecule has 2 aromatic rings. The number of hydrogen-bond donors (Lipinski definition) is 1. The van der Waals surface area contributed by atoms with Crippen molar-refractivity contribution in [2.75, 3.05) is 0 Å². The lowest BCUT2D eigenvalue weighted by Gasteiger charge is -1.94. The molecule has 0 saturated heterocycles. The average Bonchev–Trinajstić information content (AvgIpc) is 2.59. The van der Waals surface area contributed by atoms with Crippen LogP contribution >= 0.6 is 35.2 Å². The largest absolute Gasteiger partial charge is 0.242 e. The molecule has 7 heteroatoms. The van der Waals surface area contributed by atoms with Gasteiger partial charge in [-0.2, -0.15) is 5.21 Å². The molecule has 0 atom stereocenters. The van der Waals surface area contributed by atoms with E-state index in [4.69, 9.17) is 23.8 Å². The second-order valence-corrected chi connectivity index (χ2v) is 3.88. The van der Waals surface area contributed by atoms with Crippen LogP contribution in [0.2, 0.25) is 4.34 Å². The van der Waals surface area contributed by atoms with Gasteiger partial charge in [-0.3, -0.25) is 0 Å². The number of aromatic amines is 1. The Morgan fingerprint density at radius 2 is 2.50 bits per heavy atom. The lowest BCUT2D eigenvalue weighted by molar-refractivity contribution is 0.788. The van der Waals surface area contributed by atoms with Gasteiger partial charge in [-0.15, -0.1) is 11.3 Å². The number of nitrogens with one attached hydrogen (secondary N) is 1. The van der Waals surface area contributed by atoms with Crippen molar-refractivity contribution in [2.24, 2.45) is 0 Å². The molecule has 0 aliphatic heterocycles. The standard InChI is InChI=1S/C5H3ClN4S2/c6-4-3(1-2-12-4)10-5(11)7-8-9-10/h1-2H,(H,7,9,11). The van der Waals surface area contributed by atoms with Gasteiger partial charge in [-0.05, 0) is 23.7 Å². The zero-order valence-corrected chi connectivity index (χ0v) is 8.08. The first-order valence-electron chi connectivity index (χ1n) is 3.02. The zero-order chi connectivity index (χ0) is 8.55. The predicted molar refractivity (Wildman–Crippen MR) is 49.4 cm³/mol. The molecule has 4 nitrogen and oxygen atoms in total. The number of hydrogen-bond acceptors (Lipinski definition) is 4. The fourth-order valence-electron chi connectivity index (χ4n) is 0.801. The Morgan fingerprint density at radius 1 is 1.67 bits per heavy atom. The van der Waals surface area contributed by atoms with Crippen LogP contribution in [0.15, 0.2) is 11.4 Å². The first kappa shape index (κ1) is 7.90. The summed E-state index contributed by atoms with van der Waals surface area (Å²) >= 11 is 12.2. The minimum Gasteiger partial charge on any atom is -0.207 e. The normalized spacial score (nSPS) is 10.4. The van der Waals surface area contributed by atoms with Crippen LogP contribution in [-0.4, -0.2) is 20.2 Å². The fourth-order valence-corrected chi connectivity index (χ4v) is 1.88. The lowest BCUT2D eigenvalue weighted by Crippen LogP contribution is -1.94. The summed E-state index contributed by atoms with van der Waals surface area (Å²) in [6.07, 6.45) is 0. The van der Waals surface area contributed by atoms with E-state index in [2.05, 4.69) is 15.5 Å². The highest BCUT2D eigenvalue weighted by Crippen LogP contribution is 2.25. The van der Waals surface area contributed by atoms with Gasteiger partial charge in [-0.1, -0.05) is 21.9 Å². The van der Waals surface area contributed by atoms with Gasteiger partial charge in [0.15, 0.2) is 0 Å². The van der Waals surface area contributed by atoms with Crippen LogP contribution in [0.3, 0.4) is 0 Å². The van der Waals surface area contributed by atoms with E-state index in [0.717, 1.165) is 5.69 Å². The number of nitrogens with zero attached hydrogens (tertiary/aromatic N) is 3. The highest BCUT2D eigenvalue weighted by Gasteiger charge is 2.05. The third kappa shape index (κ3) is 1.17. The predicted octanol–water partition coefficient (Wildman–Crippen LogP) is 2.04. The Morgan fingerprint density at radius 3 is 3.00 bits per heavy atom. The first-order chi connectivity index (χ1) is 5.79. The van der Waals surface area contributed by atoms with Crippen LogP contribution in [0.4, 0.5) is 0 Å². The van der Waals surface area contributed by atoms with Crippen LogP contribution in [0.1, 0.15) is 0 Å². The van der Waals surface area contributed by atoms with Crippen molar-refractivity contribution in [3.63, 3.8) is 0 Å². The molecule has 0 spiro atoms. The molecule has 0 saturated carbocycles. The summed E-state index contributed by atoms with van der Waals surface area (Å²) in [6, 6.07) is 1.85.